The van der Waals surface area contributed by atoms with E-state index in [-0.39, 0.29) is 0 Å². The molecule has 4 rings (SSSR count). The van der Waals surface area contributed by atoms with Gasteiger partial charge in [-0.15, -0.1) is 0 Å². The molecule has 160 valence electrons. The number of hydrogen-bond donors (Lipinski definition) is 0. The molecule has 3 aliphatic rings. The van der Waals surface area contributed by atoms with E-state index in [1.165, 1.54) is 76.3 Å². The summed E-state index contributed by atoms with van der Waals surface area (Å²) in [6, 6.07) is 4.45. The molecule has 0 radical (unpaired) electrons. The van der Waals surface area contributed by atoms with Crippen molar-refractivity contribution in [1.29, 1.82) is 0 Å². The Morgan fingerprint density at radius 1 is 0.655 bits per heavy atom. The molecule has 0 amide bonds. The van der Waals surface area contributed by atoms with Gasteiger partial charge >= 0.3 is 0 Å². The molecule has 0 N–H and O–H groups in total. The Balaban J connectivity index is 1.19. The summed E-state index contributed by atoms with van der Waals surface area (Å²) < 4.78 is 26.7. The second-order valence-corrected chi connectivity index (χ2v) is 10.4. The average molecular weight is 401 g/mol. The zero-order valence-corrected chi connectivity index (χ0v) is 18.1. The Labute approximate surface area is 176 Å². The highest BCUT2D eigenvalue weighted by atomic mass is 19.2. The zero-order valence-electron chi connectivity index (χ0n) is 18.1. The Kier molecular flexibility index (Phi) is 7.08. The average Bonchev–Trinajstić information content (AvgIpc) is 2.76. The number of rotatable bonds is 4. The van der Waals surface area contributed by atoms with Crippen molar-refractivity contribution in [2.45, 2.75) is 89.9 Å². The van der Waals surface area contributed by atoms with Gasteiger partial charge in [-0.1, -0.05) is 38.0 Å². The predicted octanol–water partition coefficient (Wildman–Crippen LogP) is 8.43. The van der Waals surface area contributed by atoms with E-state index in [1.807, 2.05) is 0 Å². The molecule has 0 heterocycles. The third-order valence-electron chi connectivity index (χ3n) is 8.39. The van der Waals surface area contributed by atoms with Gasteiger partial charge in [-0.25, -0.2) is 8.78 Å². The topological polar surface area (TPSA) is 0 Å². The lowest BCUT2D eigenvalue weighted by Crippen LogP contribution is -2.24. The molecule has 0 nitrogen and oxygen atoms in total. The quantitative estimate of drug-likeness (QED) is 0.445. The Morgan fingerprint density at radius 2 is 1.17 bits per heavy atom. The fourth-order valence-corrected chi connectivity index (χ4v) is 6.29. The molecular formula is C27H38F2. The molecule has 3 saturated carbocycles. The number of halogens is 2. The standard InChI is InChI=1S/C27H38F2/c1-19-2-10-22(11-3-19)23-12-6-20(7-13-23)4-5-21-8-14-24(15-9-21)25-16-17-26(28)27(29)18-25/h4-5,16-24H,2-3,6-15H2,1H3/t19-,20-,21-,22-,23-,24-. The van der Waals surface area contributed by atoms with Gasteiger partial charge in [0, 0.05) is 0 Å². The maximum atomic E-state index is 13.5. The third kappa shape index (κ3) is 5.50. The van der Waals surface area contributed by atoms with Crippen LogP contribution >= 0.6 is 0 Å². The summed E-state index contributed by atoms with van der Waals surface area (Å²) in [7, 11) is 0. The van der Waals surface area contributed by atoms with Crippen LogP contribution < -0.4 is 0 Å². The summed E-state index contributed by atoms with van der Waals surface area (Å²) in [6.07, 6.45) is 21.1. The maximum Gasteiger partial charge on any atom is 0.159 e. The molecule has 2 heteroatoms. The molecular weight excluding hydrogens is 362 g/mol. The lowest BCUT2D eigenvalue weighted by atomic mass is 9.69. The van der Waals surface area contributed by atoms with Gasteiger partial charge in [-0.05, 0) is 117 Å². The summed E-state index contributed by atoms with van der Waals surface area (Å²) in [5.41, 5.74) is 0.974. The molecule has 3 fully saturated rings. The van der Waals surface area contributed by atoms with Crippen LogP contribution in [-0.2, 0) is 0 Å². The van der Waals surface area contributed by atoms with Crippen LogP contribution in [0.5, 0.6) is 0 Å². The molecule has 0 bridgehead atoms. The fraction of sp³-hybridized carbons (Fsp3) is 0.704. The highest BCUT2D eigenvalue weighted by Gasteiger charge is 2.29. The van der Waals surface area contributed by atoms with Crippen LogP contribution in [0, 0.1) is 41.2 Å². The number of hydrogen-bond acceptors (Lipinski definition) is 0. The van der Waals surface area contributed by atoms with E-state index < -0.39 is 11.6 Å². The van der Waals surface area contributed by atoms with Gasteiger partial charge in [0.05, 0.1) is 0 Å². The van der Waals surface area contributed by atoms with E-state index >= 15 is 0 Å². The first-order valence-electron chi connectivity index (χ1n) is 12.2. The van der Waals surface area contributed by atoms with Gasteiger partial charge < -0.3 is 0 Å². The molecule has 0 aromatic heterocycles. The minimum atomic E-state index is -0.738. The molecule has 3 aliphatic carbocycles. The van der Waals surface area contributed by atoms with E-state index in [9.17, 15) is 8.78 Å². The van der Waals surface area contributed by atoms with Crippen molar-refractivity contribution in [2.24, 2.45) is 29.6 Å². The number of benzene rings is 1. The van der Waals surface area contributed by atoms with Crippen molar-refractivity contribution in [3.8, 4) is 0 Å². The second kappa shape index (κ2) is 9.75. The van der Waals surface area contributed by atoms with Gasteiger partial charge in [-0.3, -0.25) is 0 Å². The fourth-order valence-electron chi connectivity index (χ4n) is 6.29. The molecule has 1 aromatic carbocycles. The highest BCUT2D eigenvalue weighted by molar-refractivity contribution is 5.22. The summed E-state index contributed by atoms with van der Waals surface area (Å²) in [5.74, 6) is 3.39. The molecule has 0 spiro atoms. The van der Waals surface area contributed by atoms with Crippen molar-refractivity contribution < 1.29 is 8.78 Å². The smallest absolute Gasteiger partial charge is 0.159 e. The summed E-state index contributed by atoms with van der Waals surface area (Å²) in [5, 5.41) is 0. The van der Waals surface area contributed by atoms with Crippen molar-refractivity contribution >= 4 is 0 Å². The summed E-state index contributed by atoms with van der Waals surface area (Å²) >= 11 is 0. The molecule has 0 aliphatic heterocycles. The van der Waals surface area contributed by atoms with Gasteiger partial charge in [-0.2, -0.15) is 0 Å². The Hall–Kier alpha value is -1.18. The van der Waals surface area contributed by atoms with Crippen molar-refractivity contribution in [3.63, 3.8) is 0 Å². The van der Waals surface area contributed by atoms with E-state index in [0.29, 0.717) is 11.8 Å². The van der Waals surface area contributed by atoms with E-state index in [4.69, 9.17) is 0 Å². The van der Waals surface area contributed by atoms with Crippen LogP contribution in [0.1, 0.15) is 95.5 Å². The van der Waals surface area contributed by atoms with Crippen LogP contribution in [0.2, 0.25) is 0 Å². The van der Waals surface area contributed by atoms with Crippen molar-refractivity contribution in [3.05, 3.63) is 47.5 Å². The highest BCUT2D eigenvalue weighted by Crippen LogP contribution is 2.42. The van der Waals surface area contributed by atoms with E-state index in [1.54, 1.807) is 6.07 Å². The minimum absolute atomic E-state index is 0.392. The summed E-state index contributed by atoms with van der Waals surface area (Å²) in [6.45, 7) is 2.42. The van der Waals surface area contributed by atoms with Crippen LogP contribution in [0.3, 0.4) is 0 Å². The number of allylic oxidation sites excluding steroid dienone is 2. The monoisotopic (exact) mass is 400 g/mol. The Morgan fingerprint density at radius 3 is 1.72 bits per heavy atom. The first-order valence-corrected chi connectivity index (χ1v) is 12.2. The third-order valence-corrected chi connectivity index (χ3v) is 8.39. The molecule has 1 aromatic rings. The van der Waals surface area contributed by atoms with Gasteiger partial charge in [0.1, 0.15) is 0 Å². The van der Waals surface area contributed by atoms with Gasteiger partial charge in [0.15, 0.2) is 11.6 Å². The van der Waals surface area contributed by atoms with E-state index in [2.05, 4.69) is 19.1 Å². The Bertz CT molecular complexity index is 670. The lowest BCUT2D eigenvalue weighted by Gasteiger charge is -2.36. The van der Waals surface area contributed by atoms with Crippen molar-refractivity contribution in [1.82, 2.24) is 0 Å². The molecule has 0 saturated heterocycles. The molecule has 0 unspecified atom stereocenters. The largest absolute Gasteiger partial charge is 0.204 e. The van der Waals surface area contributed by atoms with Crippen molar-refractivity contribution in [2.75, 3.05) is 0 Å². The van der Waals surface area contributed by atoms with E-state index in [0.717, 1.165) is 42.1 Å². The zero-order chi connectivity index (χ0) is 20.2. The van der Waals surface area contributed by atoms with Gasteiger partial charge in [0.25, 0.3) is 0 Å². The van der Waals surface area contributed by atoms with Crippen LogP contribution in [0.25, 0.3) is 0 Å². The first kappa shape index (κ1) is 21.1. The maximum absolute atomic E-state index is 13.5. The molecule has 29 heavy (non-hydrogen) atoms. The van der Waals surface area contributed by atoms with Crippen LogP contribution in [-0.4, -0.2) is 0 Å². The SMILES string of the molecule is C[C@H]1CC[C@H]([C@H]2CC[C@H](C=C[C@H]3CC[C@H](c4ccc(F)c(F)c4)CC3)CC2)CC1. The minimum Gasteiger partial charge on any atom is -0.204 e. The first-order chi connectivity index (χ1) is 14.1. The van der Waals surface area contributed by atoms with Crippen LogP contribution in [0.15, 0.2) is 30.4 Å². The van der Waals surface area contributed by atoms with Crippen LogP contribution in [0.4, 0.5) is 8.78 Å². The second-order valence-electron chi connectivity index (χ2n) is 10.4. The molecule has 0 atom stereocenters. The normalized spacial score (nSPS) is 36.4. The predicted molar refractivity (Wildman–Crippen MR) is 117 cm³/mol. The van der Waals surface area contributed by atoms with Gasteiger partial charge in [0.2, 0.25) is 0 Å². The lowest BCUT2D eigenvalue weighted by molar-refractivity contribution is 0.160. The summed E-state index contributed by atoms with van der Waals surface area (Å²) in [4.78, 5) is 0.